The third-order valence-corrected chi connectivity index (χ3v) is 6.67. The molecule has 1 amide bonds. The van der Waals surface area contributed by atoms with Gasteiger partial charge in [-0.05, 0) is 63.9 Å². The van der Waals surface area contributed by atoms with E-state index in [2.05, 4.69) is 14.4 Å². The van der Waals surface area contributed by atoms with Crippen LogP contribution in [0.2, 0.25) is 0 Å². The fraction of sp³-hybridized carbons (Fsp3) is 0.458. The number of nitrogens with one attached hydrogen (secondary N) is 1. The maximum Gasteiger partial charge on any atom is 0.410 e. The molecule has 0 bridgehead atoms. The van der Waals surface area contributed by atoms with Gasteiger partial charge in [0.2, 0.25) is 0 Å². The number of ether oxygens (including phenoxy) is 2. The largest absolute Gasteiger partial charge is 0.444 e. The number of carbonyl (C=O) groups excluding carboxylic acids is 1. The average molecular weight is 512 g/mol. The molecule has 35 heavy (non-hydrogen) atoms. The summed E-state index contributed by atoms with van der Waals surface area (Å²) >= 11 is 0. The lowest BCUT2D eigenvalue weighted by molar-refractivity contribution is -0.0500. The highest BCUT2D eigenvalue weighted by Crippen LogP contribution is 2.28. The number of amides is 1. The van der Waals surface area contributed by atoms with Gasteiger partial charge in [0.25, 0.3) is 10.0 Å². The lowest BCUT2D eigenvalue weighted by Crippen LogP contribution is -2.39. The molecule has 1 aliphatic rings. The maximum absolute atomic E-state index is 12.9. The van der Waals surface area contributed by atoms with Crippen molar-refractivity contribution in [3.05, 3.63) is 48.0 Å². The lowest BCUT2D eigenvalue weighted by atomic mass is 10.1. The molecule has 8 nitrogen and oxygen atoms in total. The number of halogens is 2. The van der Waals surface area contributed by atoms with E-state index in [-0.39, 0.29) is 16.7 Å². The minimum Gasteiger partial charge on any atom is -0.444 e. The Hall–Kier alpha value is -3.08. The van der Waals surface area contributed by atoms with Gasteiger partial charge in [0.1, 0.15) is 11.4 Å². The minimum atomic E-state index is -4.04. The Labute approximate surface area is 204 Å². The molecule has 1 heterocycles. The minimum absolute atomic E-state index is 0.194. The van der Waals surface area contributed by atoms with Gasteiger partial charge in [0, 0.05) is 37.9 Å². The Balaban J connectivity index is 1.75. The van der Waals surface area contributed by atoms with Crippen LogP contribution in [-0.4, -0.2) is 57.8 Å². The number of rotatable bonds is 6. The van der Waals surface area contributed by atoms with Gasteiger partial charge in [-0.15, -0.1) is 0 Å². The number of alkyl halides is 2. The molecule has 0 atom stereocenters. The summed E-state index contributed by atoms with van der Waals surface area (Å²) in [5.74, 6) is -0.244. The number of aryl methyl sites for hydroxylation is 1. The molecule has 11 heteroatoms. The van der Waals surface area contributed by atoms with Crippen molar-refractivity contribution in [3.8, 4) is 5.75 Å². The smallest absolute Gasteiger partial charge is 0.410 e. The first-order valence-corrected chi connectivity index (χ1v) is 12.7. The number of nitrogens with zero attached hydrogens (tertiary/aromatic N) is 2. The van der Waals surface area contributed by atoms with Crippen molar-refractivity contribution in [2.24, 2.45) is 0 Å². The molecular formula is C24H31F2N3O5S. The molecule has 1 saturated heterocycles. The van der Waals surface area contributed by atoms with E-state index in [1.165, 1.54) is 18.2 Å². The van der Waals surface area contributed by atoms with E-state index in [1.807, 2.05) is 27.7 Å². The molecular weight excluding hydrogens is 480 g/mol. The fourth-order valence-electron chi connectivity index (χ4n) is 3.71. The third-order valence-electron chi connectivity index (χ3n) is 5.29. The molecule has 192 valence electrons. The number of carbonyl (C=O) groups is 1. The quantitative estimate of drug-likeness (QED) is 0.597. The van der Waals surface area contributed by atoms with E-state index in [4.69, 9.17) is 4.74 Å². The van der Waals surface area contributed by atoms with Crippen molar-refractivity contribution < 1.29 is 31.5 Å². The van der Waals surface area contributed by atoms with E-state index in [9.17, 15) is 22.0 Å². The van der Waals surface area contributed by atoms with Crippen LogP contribution in [0, 0.1) is 6.92 Å². The second kappa shape index (κ2) is 10.7. The van der Waals surface area contributed by atoms with Crippen molar-refractivity contribution in [1.82, 2.24) is 4.90 Å². The van der Waals surface area contributed by atoms with Crippen LogP contribution >= 0.6 is 0 Å². The lowest BCUT2D eigenvalue weighted by Gasteiger charge is -2.27. The predicted molar refractivity (Wildman–Crippen MR) is 130 cm³/mol. The first kappa shape index (κ1) is 26.5. The Bertz CT molecular complexity index is 1150. The van der Waals surface area contributed by atoms with Crippen molar-refractivity contribution in [2.75, 3.05) is 35.8 Å². The predicted octanol–water partition coefficient (Wildman–Crippen LogP) is 4.84. The highest BCUT2D eigenvalue weighted by atomic mass is 32.2. The van der Waals surface area contributed by atoms with E-state index < -0.39 is 22.2 Å². The van der Waals surface area contributed by atoms with Crippen LogP contribution in [0.15, 0.2) is 47.4 Å². The molecule has 0 aliphatic carbocycles. The molecule has 0 unspecified atom stereocenters. The van der Waals surface area contributed by atoms with Crippen molar-refractivity contribution in [1.29, 1.82) is 0 Å². The summed E-state index contributed by atoms with van der Waals surface area (Å²) in [4.78, 5) is 16.1. The zero-order valence-corrected chi connectivity index (χ0v) is 21.1. The molecule has 2 aromatic rings. The molecule has 0 radical (unpaired) electrons. The topological polar surface area (TPSA) is 88.2 Å². The normalized spacial score (nSPS) is 15.1. The van der Waals surface area contributed by atoms with Crippen LogP contribution in [0.25, 0.3) is 0 Å². The summed E-state index contributed by atoms with van der Waals surface area (Å²) < 4.78 is 63.1. The van der Waals surface area contributed by atoms with E-state index in [0.717, 1.165) is 23.7 Å². The van der Waals surface area contributed by atoms with Gasteiger partial charge < -0.3 is 19.3 Å². The average Bonchev–Trinajstić information content (AvgIpc) is 3.00. The van der Waals surface area contributed by atoms with Gasteiger partial charge >= 0.3 is 12.7 Å². The number of hydrogen-bond acceptors (Lipinski definition) is 6. The van der Waals surface area contributed by atoms with Gasteiger partial charge in [-0.3, -0.25) is 4.72 Å². The monoisotopic (exact) mass is 511 g/mol. The van der Waals surface area contributed by atoms with Gasteiger partial charge in [-0.25, -0.2) is 13.2 Å². The zero-order valence-electron chi connectivity index (χ0n) is 20.3. The molecule has 0 spiro atoms. The van der Waals surface area contributed by atoms with Gasteiger partial charge in [0.15, 0.2) is 0 Å². The van der Waals surface area contributed by atoms with Crippen molar-refractivity contribution in [2.45, 2.75) is 51.2 Å². The molecule has 1 N–H and O–H groups in total. The molecule has 0 saturated carbocycles. The Morgan fingerprint density at radius 2 is 1.80 bits per heavy atom. The number of sulfonamides is 1. The van der Waals surface area contributed by atoms with Crippen LogP contribution in [0.3, 0.4) is 0 Å². The van der Waals surface area contributed by atoms with E-state index >= 15 is 0 Å². The second-order valence-electron chi connectivity index (χ2n) is 9.27. The molecule has 1 fully saturated rings. The van der Waals surface area contributed by atoms with Crippen molar-refractivity contribution >= 4 is 27.5 Å². The summed E-state index contributed by atoms with van der Waals surface area (Å²) in [5, 5.41) is 0. The first-order valence-electron chi connectivity index (χ1n) is 11.3. The maximum atomic E-state index is 12.9. The number of anilines is 2. The van der Waals surface area contributed by atoms with Crippen LogP contribution in [0.5, 0.6) is 5.75 Å². The molecule has 1 aliphatic heterocycles. The second-order valence-corrected chi connectivity index (χ2v) is 11.0. The van der Waals surface area contributed by atoms with E-state index in [1.54, 1.807) is 23.1 Å². The fourth-order valence-corrected chi connectivity index (χ4v) is 4.80. The summed E-state index contributed by atoms with van der Waals surface area (Å²) in [6.07, 6.45) is 0.376. The highest BCUT2D eigenvalue weighted by molar-refractivity contribution is 7.92. The van der Waals surface area contributed by atoms with Crippen LogP contribution in [0.1, 0.15) is 32.8 Å². The summed E-state index contributed by atoms with van der Waals surface area (Å²) in [6.45, 7) is 6.63. The Morgan fingerprint density at radius 3 is 2.49 bits per heavy atom. The van der Waals surface area contributed by atoms with Gasteiger partial charge in [0.05, 0.1) is 10.6 Å². The number of benzene rings is 2. The van der Waals surface area contributed by atoms with Gasteiger partial charge in [-0.2, -0.15) is 8.78 Å². The molecule has 3 rings (SSSR count). The van der Waals surface area contributed by atoms with E-state index in [0.29, 0.717) is 31.9 Å². The molecule has 0 aromatic heterocycles. The van der Waals surface area contributed by atoms with Crippen LogP contribution < -0.4 is 14.4 Å². The SMILES string of the molecule is Cc1ccc(NS(=O)(=O)c2cccc(OC(F)F)c2)cc1N1CCCN(C(=O)OC(C)(C)C)CC1. The Morgan fingerprint density at radius 1 is 1.06 bits per heavy atom. The van der Waals surface area contributed by atoms with Gasteiger partial charge in [-0.1, -0.05) is 12.1 Å². The molecule has 2 aromatic carbocycles. The highest BCUT2D eigenvalue weighted by Gasteiger charge is 2.25. The number of hydrogen-bond donors (Lipinski definition) is 1. The first-order chi connectivity index (χ1) is 16.3. The van der Waals surface area contributed by atoms with Crippen molar-refractivity contribution in [3.63, 3.8) is 0 Å². The zero-order chi connectivity index (χ0) is 25.8. The summed E-state index contributed by atoms with van der Waals surface area (Å²) in [5.41, 5.74) is 1.55. The summed E-state index contributed by atoms with van der Waals surface area (Å²) in [6, 6.07) is 10.1. The summed E-state index contributed by atoms with van der Waals surface area (Å²) in [7, 11) is -4.04. The standard InChI is InChI=1S/C24H31F2N3O5S/c1-17-9-10-18(27-35(31,32)20-8-5-7-19(16-20)33-22(25)26)15-21(17)28-11-6-12-29(14-13-28)23(30)34-24(2,3)4/h5,7-10,15-16,22,27H,6,11-14H2,1-4H3. The Kier molecular flexibility index (Phi) is 8.09. The third kappa shape index (κ3) is 7.45. The van der Waals surface area contributed by atoms with Crippen LogP contribution in [0.4, 0.5) is 25.0 Å². The van der Waals surface area contributed by atoms with Crippen LogP contribution in [-0.2, 0) is 14.8 Å².